The van der Waals surface area contributed by atoms with Gasteiger partial charge in [0.25, 0.3) is 5.91 Å². The standard InChI is InChI=1S/C17H14F4N4O/c1-9-6-13(11-4-3-5-12(18)7-11)24-25-14(8-22-15(9)25)16(26)23-10(2)17(19,20)21/h3-8,10H,1-2H3,(H,23,26). The number of alkyl halides is 3. The molecule has 0 aliphatic carbocycles. The van der Waals surface area contributed by atoms with Gasteiger partial charge in [0.1, 0.15) is 11.9 Å². The van der Waals surface area contributed by atoms with Crippen molar-refractivity contribution < 1.29 is 22.4 Å². The van der Waals surface area contributed by atoms with E-state index in [1.54, 1.807) is 19.1 Å². The van der Waals surface area contributed by atoms with Gasteiger partial charge in [0.05, 0.1) is 11.9 Å². The van der Waals surface area contributed by atoms with Crippen molar-refractivity contribution in [2.75, 3.05) is 0 Å². The number of carbonyl (C=O) groups is 1. The van der Waals surface area contributed by atoms with Crippen molar-refractivity contribution in [1.29, 1.82) is 0 Å². The number of carbonyl (C=O) groups excluding carboxylic acids is 1. The Bertz CT molecular complexity index is 981. The zero-order valence-electron chi connectivity index (χ0n) is 13.8. The van der Waals surface area contributed by atoms with Crippen LogP contribution in [-0.4, -0.2) is 32.7 Å². The van der Waals surface area contributed by atoms with Gasteiger partial charge in [-0.15, -0.1) is 0 Å². The molecular weight excluding hydrogens is 352 g/mol. The maximum atomic E-state index is 13.5. The van der Waals surface area contributed by atoms with E-state index in [4.69, 9.17) is 0 Å². The average Bonchev–Trinajstić information content (AvgIpc) is 2.98. The summed E-state index contributed by atoms with van der Waals surface area (Å²) in [7, 11) is 0. The number of nitrogens with one attached hydrogen (secondary N) is 1. The lowest BCUT2D eigenvalue weighted by atomic mass is 10.1. The van der Waals surface area contributed by atoms with Crippen molar-refractivity contribution in [3.8, 4) is 11.3 Å². The first-order chi connectivity index (χ1) is 12.2. The van der Waals surface area contributed by atoms with E-state index in [0.29, 0.717) is 22.5 Å². The highest BCUT2D eigenvalue weighted by atomic mass is 19.4. The van der Waals surface area contributed by atoms with E-state index < -0.39 is 23.9 Å². The smallest absolute Gasteiger partial charge is 0.339 e. The average molecular weight is 366 g/mol. The summed E-state index contributed by atoms with van der Waals surface area (Å²) in [5.41, 5.74) is 1.67. The third kappa shape index (κ3) is 3.37. The molecule has 0 aliphatic heterocycles. The van der Waals surface area contributed by atoms with Crippen molar-refractivity contribution >= 4 is 11.6 Å². The van der Waals surface area contributed by atoms with Gasteiger partial charge in [-0.05, 0) is 37.6 Å². The number of nitrogens with zero attached hydrogens (tertiary/aromatic N) is 3. The molecule has 2 heterocycles. The lowest BCUT2D eigenvalue weighted by Crippen LogP contribution is -2.43. The van der Waals surface area contributed by atoms with Crippen LogP contribution in [0.2, 0.25) is 0 Å². The minimum atomic E-state index is -4.56. The van der Waals surface area contributed by atoms with Gasteiger partial charge in [-0.25, -0.2) is 13.9 Å². The zero-order chi connectivity index (χ0) is 19.1. The molecule has 0 saturated carbocycles. The van der Waals surface area contributed by atoms with E-state index in [1.165, 1.54) is 18.2 Å². The number of rotatable bonds is 3. The molecule has 9 heteroatoms. The summed E-state index contributed by atoms with van der Waals surface area (Å²) in [4.78, 5) is 16.3. The van der Waals surface area contributed by atoms with Crippen LogP contribution in [-0.2, 0) is 0 Å². The quantitative estimate of drug-likeness (QED) is 0.722. The Balaban J connectivity index is 2.04. The molecule has 1 N–H and O–H groups in total. The number of aromatic nitrogens is 3. The second kappa shape index (κ2) is 6.40. The Morgan fingerprint density at radius 2 is 2.00 bits per heavy atom. The number of fused-ring (bicyclic) bond motifs is 1. The molecule has 26 heavy (non-hydrogen) atoms. The van der Waals surface area contributed by atoms with Crippen LogP contribution < -0.4 is 5.32 Å². The molecule has 1 amide bonds. The minimum Gasteiger partial charge on any atom is -0.339 e. The van der Waals surface area contributed by atoms with Gasteiger partial charge in [0, 0.05) is 5.56 Å². The fourth-order valence-electron chi connectivity index (χ4n) is 2.42. The van der Waals surface area contributed by atoms with Crippen LogP contribution in [0.15, 0.2) is 36.5 Å². The van der Waals surface area contributed by atoms with Crippen LogP contribution in [0.3, 0.4) is 0 Å². The van der Waals surface area contributed by atoms with Crippen molar-refractivity contribution in [1.82, 2.24) is 19.9 Å². The molecule has 0 spiro atoms. The first kappa shape index (κ1) is 17.8. The Labute approximate surface area is 145 Å². The third-order valence-corrected chi connectivity index (χ3v) is 3.84. The summed E-state index contributed by atoms with van der Waals surface area (Å²) in [6, 6.07) is 5.35. The molecule has 0 fully saturated rings. The number of benzene rings is 1. The highest BCUT2D eigenvalue weighted by molar-refractivity contribution is 5.93. The van der Waals surface area contributed by atoms with Crippen LogP contribution >= 0.6 is 0 Å². The molecule has 3 aromatic rings. The molecule has 136 valence electrons. The Morgan fingerprint density at radius 1 is 1.27 bits per heavy atom. The summed E-state index contributed by atoms with van der Waals surface area (Å²) < 4.78 is 52.6. The van der Waals surface area contributed by atoms with Gasteiger partial charge in [-0.3, -0.25) is 4.79 Å². The van der Waals surface area contributed by atoms with Gasteiger partial charge >= 0.3 is 6.18 Å². The van der Waals surface area contributed by atoms with Crippen LogP contribution in [0.4, 0.5) is 17.6 Å². The van der Waals surface area contributed by atoms with E-state index in [0.717, 1.165) is 17.6 Å². The number of amides is 1. The Kier molecular flexibility index (Phi) is 4.39. The zero-order valence-corrected chi connectivity index (χ0v) is 13.8. The molecule has 1 unspecified atom stereocenters. The summed E-state index contributed by atoms with van der Waals surface area (Å²) >= 11 is 0. The predicted octanol–water partition coefficient (Wildman–Crippen LogP) is 3.52. The van der Waals surface area contributed by atoms with Gasteiger partial charge in [0.15, 0.2) is 11.3 Å². The molecule has 1 atom stereocenters. The molecule has 0 bridgehead atoms. The summed E-state index contributed by atoms with van der Waals surface area (Å²) in [5, 5.41) is 6.12. The Morgan fingerprint density at radius 3 is 2.65 bits per heavy atom. The van der Waals surface area contributed by atoms with E-state index in [9.17, 15) is 22.4 Å². The molecular formula is C17H14F4N4O. The topological polar surface area (TPSA) is 59.3 Å². The van der Waals surface area contributed by atoms with E-state index in [-0.39, 0.29) is 5.69 Å². The Hall–Kier alpha value is -2.97. The summed E-state index contributed by atoms with van der Waals surface area (Å²) in [6.45, 7) is 2.56. The van der Waals surface area contributed by atoms with Crippen molar-refractivity contribution in [2.24, 2.45) is 0 Å². The maximum absolute atomic E-state index is 13.5. The van der Waals surface area contributed by atoms with Crippen molar-refractivity contribution in [3.63, 3.8) is 0 Å². The van der Waals surface area contributed by atoms with Gasteiger partial charge in [-0.2, -0.15) is 18.3 Å². The highest BCUT2D eigenvalue weighted by Crippen LogP contribution is 2.22. The van der Waals surface area contributed by atoms with Gasteiger partial charge in [0.2, 0.25) is 0 Å². The number of aryl methyl sites for hydroxylation is 1. The minimum absolute atomic E-state index is 0.141. The van der Waals surface area contributed by atoms with E-state index >= 15 is 0 Å². The van der Waals surface area contributed by atoms with Gasteiger partial charge < -0.3 is 5.32 Å². The van der Waals surface area contributed by atoms with E-state index in [1.807, 2.05) is 5.32 Å². The first-order valence-electron chi connectivity index (χ1n) is 7.65. The number of hydrogen-bond acceptors (Lipinski definition) is 3. The van der Waals surface area contributed by atoms with Crippen LogP contribution in [0.1, 0.15) is 23.0 Å². The summed E-state index contributed by atoms with van der Waals surface area (Å²) in [5.74, 6) is -1.41. The van der Waals surface area contributed by atoms with Crippen LogP contribution in [0.25, 0.3) is 16.9 Å². The first-order valence-corrected chi connectivity index (χ1v) is 7.65. The van der Waals surface area contributed by atoms with Gasteiger partial charge in [-0.1, -0.05) is 12.1 Å². The molecule has 1 aromatic carbocycles. The fraction of sp³-hybridized carbons (Fsp3) is 0.235. The highest BCUT2D eigenvalue weighted by Gasteiger charge is 2.37. The largest absolute Gasteiger partial charge is 0.408 e. The predicted molar refractivity (Wildman–Crippen MR) is 86.1 cm³/mol. The normalized spacial score (nSPS) is 13.0. The molecule has 3 rings (SSSR count). The fourth-order valence-corrected chi connectivity index (χ4v) is 2.42. The second-order valence-corrected chi connectivity index (χ2v) is 5.84. The number of hydrogen-bond donors (Lipinski definition) is 1. The summed E-state index contributed by atoms with van der Waals surface area (Å²) in [6.07, 6.45) is -3.41. The maximum Gasteiger partial charge on any atom is 0.408 e. The molecule has 0 aliphatic rings. The molecule has 0 radical (unpaired) electrons. The molecule has 5 nitrogen and oxygen atoms in total. The van der Waals surface area contributed by atoms with E-state index in [2.05, 4.69) is 10.1 Å². The lowest BCUT2D eigenvalue weighted by Gasteiger charge is -2.16. The SMILES string of the molecule is Cc1cc(-c2cccc(F)c2)nn2c(C(=O)NC(C)C(F)(F)F)cnc12. The second-order valence-electron chi connectivity index (χ2n) is 5.84. The van der Waals surface area contributed by atoms with Crippen LogP contribution in [0, 0.1) is 12.7 Å². The molecule has 0 saturated heterocycles. The molecule has 2 aromatic heterocycles. The van der Waals surface area contributed by atoms with Crippen LogP contribution in [0.5, 0.6) is 0 Å². The third-order valence-electron chi connectivity index (χ3n) is 3.84. The number of halogens is 4. The number of imidazole rings is 1. The lowest BCUT2D eigenvalue weighted by molar-refractivity contribution is -0.149. The van der Waals surface area contributed by atoms with Crippen molar-refractivity contribution in [2.45, 2.75) is 26.1 Å². The van der Waals surface area contributed by atoms with Crippen molar-refractivity contribution in [3.05, 3.63) is 53.6 Å². The monoisotopic (exact) mass is 366 g/mol.